The van der Waals surface area contributed by atoms with Crippen LogP contribution in [-0.4, -0.2) is 30.4 Å². The summed E-state index contributed by atoms with van der Waals surface area (Å²) in [5.41, 5.74) is 2.70. The van der Waals surface area contributed by atoms with Gasteiger partial charge < -0.3 is 18.9 Å². The van der Waals surface area contributed by atoms with Crippen molar-refractivity contribution in [2.75, 3.05) is 13.7 Å². The van der Waals surface area contributed by atoms with Crippen LogP contribution in [0.25, 0.3) is 6.08 Å². The van der Waals surface area contributed by atoms with Crippen molar-refractivity contribution in [3.05, 3.63) is 119 Å². The molecule has 1 aromatic heterocycles. The van der Waals surface area contributed by atoms with Crippen molar-refractivity contribution < 1.29 is 23.7 Å². The Kier molecular flexibility index (Phi) is 9.56. The van der Waals surface area contributed by atoms with Gasteiger partial charge in [0.05, 0.1) is 41.7 Å². The fraction of sp³-hybridized carbons (Fsp3) is 0.265. The number of aromatic nitrogens is 1. The van der Waals surface area contributed by atoms with Crippen LogP contribution in [0.5, 0.6) is 17.2 Å². The fourth-order valence-corrected chi connectivity index (χ4v) is 6.18. The van der Waals surface area contributed by atoms with E-state index >= 15 is 0 Å². The Bertz CT molecular complexity index is 1910. The van der Waals surface area contributed by atoms with Crippen molar-refractivity contribution in [2.24, 2.45) is 4.99 Å². The molecule has 10 heteroatoms. The number of benzene rings is 3. The number of carbonyl (C=O) groups excluding carboxylic acids is 1. The molecule has 0 spiro atoms. The zero-order valence-corrected chi connectivity index (χ0v) is 26.7. The predicted molar refractivity (Wildman–Crippen MR) is 171 cm³/mol. The summed E-state index contributed by atoms with van der Waals surface area (Å²) in [5, 5.41) is 0.617. The van der Waals surface area contributed by atoms with E-state index in [0.717, 1.165) is 11.1 Å². The summed E-state index contributed by atoms with van der Waals surface area (Å²) >= 11 is 7.57. The van der Waals surface area contributed by atoms with Gasteiger partial charge in [0.25, 0.3) is 5.56 Å². The van der Waals surface area contributed by atoms with Crippen LogP contribution in [0.4, 0.5) is 0 Å². The van der Waals surface area contributed by atoms with E-state index in [0.29, 0.717) is 42.9 Å². The molecule has 0 bridgehead atoms. The first-order valence-corrected chi connectivity index (χ1v) is 15.4. The highest BCUT2D eigenvalue weighted by atomic mass is 35.5. The van der Waals surface area contributed by atoms with Crippen molar-refractivity contribution in [3.63, 3.8) is 0 Å². The Morgan fingerprint density at radius 3 is 2.55 bits per heavy atom. The van der Waals surface area contributed by atoms with Crippen molar-refractivity contribution in [3.8, 4) is 17.2 Å². The third-order valence-electron chi connectivity index (χ3n) is 6.93. The van der Waals surface area contributed by atoms with Crippen LogP contribution in [0.2, 0.25) is 5.02 Å². The van der Waals surface area contributed by atoms with Gasteiger partial charge in [0, 0.05) is 16.1 Å². The topological polar surface area (TPSA) is 88.4 Å². The quantitative estimate of drug-likeness (QED) is 0.205. The van der Waals surface area contributed by atoms with Gasteiger partial charge in [0.2, 0.25) is 0 Å². The van der Waals surface area contributed by atoms with Gasteiger partial charge in [0.15, 0.2) is 16.3 Å². The van der Waals surface area contributed by atoms with Gasteiger partial charge in [-0.15, -0.1) is 0 Å². The number of esters is 1. The number of ether oxygens (including phenoxy) is 4. The molecule has 0 radical (unpaired) electrons. The molecule has 1 aliphatic rings. The van der Waals surface area contributed by atoms with Crippen LogP contribution in [0.15, 0.2) is 87.8 Å². The monoisotopic (exact) mass is 632 g/mol. The maximum atomic E-state index is 14.1. The average Bonchev–Trinajstić information content (AvgIpc) is 3.30. The van der Waals surface area contributed by atoms with Crippen molar-refractivity contribution in [1.82, 2.24) is 4.57 Å². The number of thiazole rings is 1. The molecule has 0 saturated heterocycles. The normalized spacial score (nSPS) is 14.7. The summed E-state index contributed by atoms with van der Waals surface area (Å²) in [5.74, 6) is 1.11. The lowest BCUT2D eigenvalue weighted by Crippen LogP contribution is -2.40. The van der Waals surface area contributed by atoms with Crippen LogP contribution >= 0.6 is 22.9 Å². The Labute approximate surface area is 264 Å². The Balaban J connectivity index is 1.62. The SMILES string of the molecule is CCOC(=O)C1=C(C)N=c2s/c(=C/c3ccccc3OCc3ccccc3Cl)c(=O)n2[C@@H]1c1ccc(OC(C)C)c(OC)c1. The largest absolute Gasteiger partial charge is 0.493 e. The van der Waals surface area contributed by atoms with E-state index < -0.39 is 12.0 Å². The molecule has 8 nitrogen and oxygen atoms in total. The highest BCUT2D eigenvalue weighted by Gasteiger charge is 2.34. The molecule has 44 heavy (non-hydrogen) atoms. The number of para-hydroxylation sites is 1. The number of methoxy groups -OCH3 is 1. The van der Waals surface area contributed by atoms with Gasteiger partial charge in [-0.3, -0.25) is 9.36 Å². The van der Waals surface area contributed by atoms with Crippen LogP contribution < -0.4 is 29.1 Å². The minimum absolute atomic E-state index is 0.0683. The summed E-state index contributed by atoms with van der Waals surface area (Å²) in [6.45, 7) is 7.80. The Morgan fingerprint density at radius 2 is 1.82 bits per heavy atom. The molecule has 2 heterocycles. The second kappa shape index (κ2) is 13.5. The lowest BCUT2D eigenvalue weighted by atomic mass is 9.95. The van der Waals surface area contributed by atoms with Gasteiger partial charge in [-0.2, -0.15) is 0 Å². The van der Waals surface area contributed by atoms with Gasteiger partial charge in [-0.25, -0.2) is 9.79 Å². The van der Waals surface area contributed by atoms with Gasteiger partial charge in [0.1, 0.15) is 12.4 Å². The lowest BCUT2D eigenvalue weighted by Gasteiger charge is -2.25. The third-order valence-corrected chi connectivity index (χ3v) is 8.28. The third kappa shape index (κ3) is 6.44. The molecular formula is C34H33ClN2O6S. The summed E-state index contributed by atoms with van der Waals surface area (Å²) < 4.78 is 25.1. The number of halogens is 1. The maximum absolute atomic E-state index is 14.1. The van der Waals surface area contributed by atoms with Crippen LogP contribution in [-0.2, 0) is 16.1 Å². The molecule has 4 aromatic rings. The second-order valence-electron chi connectivity index (χ2n) is 10.3. The first kappa shape index (κ1) is 31.1. The van der Waals surface area contributed by atoms with Crippen molar-refractivity contribution in [2.45, 2.75) is 46.4 Å². The molecule has 0 aliphatic carbocycles. The summed E-state index contributed by atoms with van der Waals surface area (Å²) in [4.78, 5) is 32.6. The van der Waals surface area contributed by atoms with E-state index in [2.05, 4.69) is 4.99 Å². The number of hydrogen-bond donors (Lipinski definition) is 0. The van der Waals surface area contributed by atoms with Crippen molar-refractivity contribution >= 4 is 35.0 Å². The molecule has 228 valence electrons. The lowest BCUT2D eigenvalue weighted by molar-refractivity contribution is -0.139. The first-order valence-electron chi connectivity index (χ1n) is 14.2. The molecule has 0 unspecified atom stereocenters. The number of nitrogens with zero attached hydrogens (tertiary/aromatic N) is 2. The van der Waals surface area contributed by atoms with Gasteiger partial charge in [-0.05, 0) is 63.6 Å². The molecule has 1 aliphatic heterocycles. The standard InChI is InChI=1S/C34H33ClN2O6S/c1-6-41-33(39)30-21(4)36-34-37(31(30)23-15-16-27(43-20(2)3)28(17-23)40-5)32(38)29(44-34)18-22-11-8-10-14-26(22)42-19-24-12-7-9-13-25(24)35/h7-18,20,31H,6,19H2,1-5H3/b29-18+/t31-/m1/s1. The summed E-state index contributed by atoms with van der Waals surface area (Å²) in [6, 6.07) is 19.6. The summed E-state index contributed by atoms with van der Waals surface area (Å²) in [7, 11) is 1.55. The van der Waals surface area contributed by atoms with E-state index in [1.165, 1.54) is 11.3 Å². The highest BCUT2D eigenvalue weighted by Crippen LogP contribution is 2.36. The molecule has 0 N–H and O–H groups in total. The minimum Gasteiger partial charge on any atom is -0.493 e. The van der Waals surface area contributed by atoms with Gasteiger partial charge in [-0.1, -0.05) is 65.4 Å². The number of hydrogen-bond acceptors (Lipinski definition) is 8. The van der Waals surface area contributed by atoms with Gasteiger partial charge >= 0.3 is 5.97 Å². The smallest absolute Gasteiger partial charge is 0.338 e. The Hall–Kier alpha value is -4.34. The molecule has 0 amide bonds. The molecule has 0 saturated carbocycles. The molecule has 0 fully saturated rings. The molecule has 5 rings (SSSR count). The minimum atomic E-state index is -0.791. The summed E-state index contributed by atoms with van der Waals surface area (Å²) in [6.07, 6.45) is 1.72. The number of rotatable bonds is 10. The Morgan fingerprint density at radius 1 is 1.07 bits per heavy atom. The molecular weight excluding hydrogens is 600 g/mol. The number of fused-ring (bicyclic) bond motifs is 1. The average molecular weight is 633 g/mol. The highest BCUT2D eigenvalue weighted by molar-refractivity contribution is 7.07. The van der Waals surface area contributed by atoms with E-state index in [1.807, 2.05) is 68.4 Å². The van der Waals surface area contributed by atoms with E-state index in [-0.39, 0.29) is 30.5 Å². The maximum Gasteiger partial charge on any atom is 0.338 e. The van der Waals surface area contributed by atoms with Crippen LogP contribution in [0.3, 0.4) is 0 Å². The van der Waals surface area contributed by atoms with Crippen LogP contribution in [0.1, 0.15) is 50.4 Å². The van der Waals surface area contributed by atoms with Crippen molar-refractivity contribution in [1.29, 1.82) is 0 Å². The van der Waals surface area contributed by atoms with E-state index in [9.17, 15) is 9.59 Å². The fourth-order valence-electron chi connectivity index (χ4n) is 4.96. The molecule has 1 atom stereocenters. The zero-order chi connectivity index (χ0) is 31.4. The van der Waals surface area contributed by atoms with E-state index in [4.69, 9.17) is 30.5 Å². The second-order valence-corrected chi connectivity index (χ2v) is 11.7. The number of allylic oxidation sites excluding steroid dienone is 1. The van der Waals surface area contributed by atoms with E-state index in [1.54, 1.807) is 43.7 Å². The predicted octanol–water partition coefficient (Wildman–Crippen LogP) is 5.83. The first-order chi connectivity index (χ1) is 21.2. The molecule has 3 aromatic carbocycles. The van der Waals surface area contributed by atoms with Crippen LogP contribution in [0, 0.1) is 0 Å². The number of carbonyl (C=O) groups is 1. The zero-order valence-electron chi connectivity index (χ0n) is 25.1.